The van der Waals surface area contributed by atoms with E-state index in [9.17, 15) is 8.78 Å². The first-order valence-electron chi connectivity index (χ1n) is 1.72. The van der Waals surface area contributed by atoms with Gasteiger partial charge in [0, 0.05) is 6.92 Å². The summed E-state index contributed by atoms with van der Waals surface area (Å²) in [7, 11) is 0. The first kappa shape index (κ1) is 6.27. The van der Waals surface area contributed by atoms with Gasteiger partial charge in [-0.2, -0.15) is 4.39 Å². The van der Waals surface area contributed by atoms with Gasteiger partial charge in [0.15, 0.2) is 5.97 Å². The van der Waals surface area contributed by atoms with Crippen molar-refractivity contribution in [3.8, 4) is 0 Å². The van der Waals surface area contributed by atoms with E-state index in [1.165, 1.54) is 0 Å². The Morgan fingerprint density at radius 2 is 2.29 bits per heavy atom. The van der Waals surface area contributed by atoms with Crippen molar-refractivity contribution in [1.29, 1.82) is 0 Å². The van der Waals surface area contributed by atoms with Gasteiger partial charge in [0.2, 0.25) is 0 Å². The molecule has 0 spiro atoms. The lowest BCUT2D eigenvalue weighted by Crippen LogP contribution is -1.70. The number of rotatable bonds is 1. The highest BCUT2D eigenvalue weighted by Gasteiger charge is 1.73. The van der Waals surface area contributed by atoms with E-state index in [1.807, 2.05) is 0 Å². The molecule has 0 heterocycles. The maximum atomic E-state index is 11.4. The molecule has 0 fully saturated rings. The van der Waals surface area contributed by atoms with Crippen molar-refractivity contribution in [1.82, 2.24) is 0 Å². The Kier molecular flexibility index (Phi) is 3.10. The minimum atomic E-state index is -0.645. The summed E-state index contributed by atoms with van der Waals surface area (Å²) in [6, 6.07) is 0. The van der Waals surface area contributed by atoms with Crippen LogP contribution in [0.2, 0.25) is 0 Å². The molecule has 0 aromatic carbocycles. The molecule has 0 unspecified atom stereocenters. The summed E-state index contributed by atoms with van der Waals surface area (Å²) >= 11 is 0. The fraction of sp³-hybridized carbons (Fsp3) is 0.250. The van der Waals surface area contributed by atoms with Crippen LogP contribution in [-0.4, -0.2) is 5.97 Å². The molecular weight excluding hydrogens is 100 g/mol. The van der Waals surface area contributed by atoms with Crippen LogP contribution in [0.25, 0.3) is 0 Å². The molecule has 0 aliphatic heterocycles. The highest BCUT2D eigenvalue weighted by Crippen LogP contribution is 1.79. The summed E-state index contributed by atoms with van der Waals surface area (Å²) in [5.74, 6) is -0.645. The standard InChI is InChI=1S/C4H5F2N/c1-4(6)7-3-2-5/h2-3H,1H3/b3-2-,7-4?. The van der Waals surface area contributed by atoms with Gasteiger partial charge in [-0.15, -0.1) is 0 Å². The van der Waals surface area contributed by atoms with Crippen LogP contribution in [0.1, 0.15) is 6.92 Å². The Balaban J connectivity index is 3.46. The molecule has 0 aliphatic rings. The first-order chi connectivity index (χ1) is 3.27. The average molecular weight is 105 g/mol. The van der Waals surface area contributed by atoms with Crippen molar-refractivity contribution in [2.24, 2.45) is 4.99 Å². The molecule has 0 rings (SSSR count). The monoisotopic (exact) mass is 105 g/mol. The molecule has 0 saturated carbocycles. The molecule has 0 amide bonds. The lowest BCUT2D eigenvalue weighted by molar-refractivity contribution is 0.716. The molecular formula is C4H5F2N. The minimum Gasteiger partial charge on any atom is -0.230 e. The molecule has 0 aromatic heterocycles. The van der Waals surface area contributed by atoms with Crippen molar-refractivity contribution in [3.05, 3.63) is 12.5 Å². The molecule has 7 heavy (non-hydrogen) atoms. The molecule has 0 radical (unpaired) electrons. The Bertz CT molecular complexity index is 91.9. The first-order valence-corrected chi connectivity index (χ1v) is 1.72. The Morgan fingerprint density at radius 3 is 2.43 bits per heavy atom. The van der Waals surface area contributed by atoms with Crippen molar-refractivity contribution >= 4 is 5.97 Å². The van der Waals surface area contributed by atoms with Crippen LogP contribution < -0.4 is 0 Å². The predicted octanol–water partition coefficient (Wildman–Crippen LogP) is 1.82. The molecule has 0 N–H and O–H groups in total. The van der Waals surface area contributed by atoms with E-state index in [4.69, 9.17) is 0 Å². The van der Waals surface area contributed by atoms with Crippen LogP contribution in [0.5, 0.6) is 0 Å². The second-order valence-corrected chi connectivity index (χ2v) is 0.901. The normalized spacial score (nSPS) is 13.3. The molecule has 0 saturated heterocycles. The largest absolute Gasteiger partial charge is 0.230 e. The van der Waals surface area contributed by atoms with Gasteiger partial charge >= 0.3 is 0 Å². The quantitative estimate of drug-likeness (QED) is 0.451. The van der Waals surface area contributed by atoms with Gasteiger partial charge in [0.1, 0.15) is 6.33 Å². The second kappa shape index (κ2) is 3.46. The highest BCUT2D eigenvalue weighted by atomic mass is 19.1. The van der Waals surface area contributed by atoms with Crippen molar-refractivity contribution in [2.45, 2.75) is 6.92 Å². The van der Waals surface area contributed by atoms with Crippen LogP contribution in [-0.2, 0) is 0 Å². The topological polar surface area (TPSA) is 12.4 Å². The molecule has 40 valence electrons. The maximum Gasteiger partial charge on any atom is 0.185 e. The van der Waals surface area contributed by atoms with Gasteiger partial charge in [0.25, 0.3) is 0 Å². The zero-order chi connectivity index (χ0) is 5.70. The van der Waals surface area contributed by atoms with Gasteiger partial charge < -0.3 is 0 Å². The van der Waals surface area contributed by atoms with E-state index >= 15 is 0 Å². The van der Waals surface area contributed by atoms with Crippen LogP contribution >= 0.6 is 0 Å². The van der Waals surface area contributed by atoms with Crippen LogP contribution in [0.15, 0.2) is 17.5 Å². The van der Waals surface area contributed by atoms with E-state index in [-0.39, 0.29) is 6.33 Å². The average Bonchev–Trinajstić information content (AvgIpc) is 1.61. The van der Waals surface area contributed by atoms with Crippen LogP contribution in [0.4, 0.5) is 8.78 Å². The summed E-state index contributed by atoms with van der Waals surface area (Å²) in [6.45, 7) is 1.14. The lowest BCUT2D eigenvalue weighted by Gasteiger charge is -1.72. The number of aliphatic imine (C=N–C) groups is 1. The molecule has 0 atom stereocenters. The van der Waals surface area contributed by atoms with Gasteiger partial charge in [-0.05, 0) is 0 Å². The van der Waals surface area contributed by atoms with Gasteiger partial charge in [-0.3, -0.25) is 0 Å². The van der Waals surface area contributed by atoms with E-state index < -0.39 is 5.97 Å². The zero-order valence-corrected chi connectivity index (χ0v) is 3.86. The maximum absolute atomic E-state index is 11.4. The van der Waals surface area contributed by atoms with Crippen molar-refractivity contribution < 1.29 is 8.78 Å². The smallest absolute Gasteiger partial charge is 0.185 e. The Hall–Kier alpha value is -0.730. The number of halogens is 2. The van der Waals surface area contributed by atoms with Gasteiger partial charge in [-0.1, -0.05) is 0 Å². The zero-order valence-electron chi connectivity index (χ0n) is 3.86. The lowest BCUT2D eigenvalue weighted by atomic mass is 10.8. The Labute approximate surface area is 40.4 Å². The third-order valence-corrected chi connectivity index (χ3v) is 0.309. The fourth-order valence-electron chi connectivity index (χ4n) is 0.131. The third kappa shape index (κ3) is 5.27. The summed E-state index contributed by atoms with van der Waals surface area (Å²) < 4.78 is 22.3. The summed E-state index contributed by atoms with van der Waals surface area (Å²) in [6.07, 6.45) is 0.915. The van der Waals surface area contributed by atoms with Crippen LogP contribution in [0.3, 0.4) is 0 Å². The summed E-state index contributed by atoms with van der Waals surface area (Å²) in [5, 5.41) is 0. The van der Waals surface area contributed by atoms with Gasteiger partial charge in [-0.25, -0.2) is 9.38 Å². The molecule has 1 nitrogen and oxygen atoms in total. The summed E-state index contributed by atoms with van der Waals surface area (Å²) in [5.41, 5.74) is 0. The highest BCUT2D eigenvalue weighted by molar-refractivity contribution is 5.72. The third-order valence-electron chi connectivity index (χ3n) is 0.309. The van der Waals surface area contributed by atoms with E-state index in [1.54, 1.807) is 0 Å². The van der Waals surface area contributed by atoms with Crippen molar-refractivity contribution in [3.63, 3.8) is 0 Å². The van der Waals surface area contributed by atoms with Crippen LogP contribution in [0, 0.1) is 0 Å². The predicted molar refractivity (Wildman–Crippen MR) is 24.5 cm³/mol. The number of nitrogens with zero attached hydrogens (tertiary/aromatic N) is 1. The van der Waals surface area contributed by atoms with Crippen molar-refractivity contribution in [2.75, 3.05) is 0 Å². The molecule has 0 bridgehead atoms. The minimum absolute atomic E-state index is 0.170. The Morgan fingerprint density at radius 1 is 1.71 bits per heavy atom. The van der Waals surface area contributed by atoms with E-state index in [0.717, 1.165) is 13.1 Å². The molecule has 3 heteroatoms. The summed E-state index contributed by atoms with van der Waals surface area (Å²) in [4.78, 5) is 2.94. The number of hydrogen-bond donors (Lipinski definition) is 0. The molecule has 0 aliphatic carbocycles. The number of hydrogen-bond acceptors (Lipinski definition) is 1. The molecule has 0 aromatic rings. The second-order valence-electron chi connectivity index (χ2n) is 0.901. The van der Waals surface area contributed by atoms with Gasteiger partial charge in [0.05, 0.1) is 6.20 Å². The SMILES string of the molecule is CC(F)=N/C=C\F. The van der Waals surface area contributed by atoms with E-state index in [2.05, 4.69) is 4.99 Å². The fourth-order valence-corrected chi connectivity index (χ4v) is 0.131. The van der Waals surface area contributed by atoms with E-state index in [0.29, 0.717) is 0 Å².